The van der Waals surface area contributed by atoms with Crippen LogP contribution in [0.5, 0.6) is 0 Å². The van der Waals surface area contributed by atoms with Crippen molar-refractivity contribution in [3.63, 3.8) is 0 Å². The molecule has 25 heavy (non-hydrogen) atoms. The highest BCUT2D eigenvalue weighted by atomic mass is 32.2. The third-order valence-electron chi connectivity index (χ3n) is 4.26. The predicted octanol–water partition coefficient (Wildman–Crippen LogP) is -2.71. The average Bonchev–Trinajstić information content (AvgIpc) is 2.93. The summed E-state index contributed by atoms with van der Waals surface area (Å²) in [5.74, 6) is -0.789. The van der Waals surface area contributed by atoms with Gasteiger partial charge in [-0.2, -0.15) is 0 Å². The summed E-state index contributed by atoms with van der Waals surface area (Å²) in [6, 6.07) is 0.946. The maximum absolute atomic E-state index is 12.0. The maximum atomic E-state index is 12.0. The first-order valence-electron chi connectivity index (χ1n) is 7.64. The lowest BCUT2D eigenvalue weighted by atomic mass is 10.0. The highest BCUT2D eigenvalue weighted by Crippen LogP contribution is 2.39. The Labute approximate surface area is 147 Å². The van der Waals surface area contributed by atoms with Gasteiger partial charge in [0.15, 0.2) is 18.6 Å². The molecule has 1 amide bonds. The van der Waals surface area contributed by atoms with Crippen molar-refractivity contribution in [3.05, 3.63) is 23.5 Å². The van der Waals surface area contributed by atoms with Crippen LogP contribution in [0.1, 0.15) is 0 Å². The second kappa shape index (κ2) is 6.67. The molecule has 2 aliphatic rings. The number of nitrogen functional groups attached to an aromatic ring is 1. The quantitative estimate of drug-likeness (QED) is 0.267. The molecule has 0 aromatic carbocycles. The van der Waals surface area contributed by atoms with Gasteiger partial charge >= 0.3 is 5.97 Å². The number of aliphatic hydroxyl groups excluding tert-OH is 2. The van der Waals surface area contributed by atoms with Gasteiger partial charge in [0.2, 0.25) is 5.91 Å². The van der Waals surface area contributed by atoms with Crippen LogP contribution in [0, 0.1) is 0 Å². The number of aliphatic hydroxyl groups is 2. The van der Waals surface area contributed by atoms with Crippen molar-refractivity contribution >= 4 is 29.5 Å². The third kappa shape index (κ3) is 2.99. The fourth-order valence-corrected chi connectivity index (χ4v) is 4.26. The summed E-state index contributed by atoms with van der Waals surface area (Å²) < 4.78 is 3.20. The first kappa shape index (κ1) is 17.7. The van der Waals surface area contributed by atoms with E-state index in [1.807, 2.05) is 0 Å². The minimum absolute atomic E-state index is 0.0445. The van der Waals surface area contributed by atoms with E-state index in [4.69, 9.17) is 16.6 Å². The molecule has 1 aromatic heterocycles. The highest BCUT2D eigenvalue weighted by molar-refractivity contribution is 8.00. The van der Waals surface area contributed by atoms with E-state index in [0.717, 1.165) is 0 Å². The van der Waals surface area contributed by atoms with Crippen LogP contribution >= 0.6 is 11.8 Å². The van der Waals surface area contributed by atoms with Crippen molar-refractivity contribution < 1.29 is 29.6 Å². The van der Waals surface area contributed by atoms with Crippen molar-refractivity contribution in [3.8, 4) is 0 Å². The van der Waals surface area contributed by atoms with Crippen molar-refractivity contribution in [2.24, 2.45) is 5.73 Å². The van der Waals surface area contributed by atoms with Crippen LogP contribution in [0.2, 0.25) is 0 Å². The Kier molecular flexibility index (Phi) is 4.73. The molecule has 1 unspecified atom stereocenters. The zero-order chi connectivity index (χ0) is 18.3. The number of nitrogens with zero attached hydrogens (tertiary/aromatic N) is 3. The normalized spacial score (nSPS) is 24.1. The van der Waals surface area contributed by atoms with E-state index < -0.39 is 30.6 Å². The first-order valence-corrected chi connectivity index (χ1v) is 8.69. The molecule has 0 radical (unpaired) electrons. The maximum Gasteiger partial charge on any atom is 0.352 e. The molecule has 0 saturated carbocycles. The number of rotatable bonds is 6. The fourth-order valence-electron chi connectivity index (χ4n) is 2.98. The lowest BCUT2D eigenvalue weighted by molar-refractivity contribution is -0.768. The molecular weight excluding hydrogens is 350 g/mol. The molecule has 1 aromatic rings. The van der Waals surface area contributed by atoms with E-state index >= 15 is 0 Å². The molecule has 7 N–H and O–H groups in total. The molecule has 0 spiro atoms. The zero-order valence-corrected chi connectivity index (χ0v) is 14.1. The number of amides is 1. The second-order valence-electron chi connectivity index (χ2n) is 5.95. The van der Waals surface area contributed by atoms with Gasteiger partial charge in [-0.1, -0.05) is 0 Å². The van der Waals surface area contributed by atoms with E-state index in [9.17, 15) is 19.8 Å². The number of carbonyl (C=O) groups is 2. The SMILES string of the molecule is Nc1cc[n+](CC2=C(C(=O)O)N3C(=O)[C@@H](N)[C@H]3SC2)n1CC(O)CO. The van der Waals surface area contributed by atoms with Crippen molar-refractivity contribution in [1.29, 1.82) is 0 Å². The molecule has 136 valence electrons. The molecular formula is C14H20N5O5S+. The Balaban J connectivity index is 1.91. The van der Waals surface area contributed by atoms with Crippen molar-refractivity contribution in [2.45, 2.75) is 30.6 Å². The Bertz CT molecular complexity index is 748. The molecule has 2 aliphatic heterocycles. The number of aromatic nitrogens is 2. The summed E-state index contributed by atoms with van der Waals surface area (Å²) in [5.41, 5.74) is 12.1. The van der Waals surface area contributed by atoms with Gasteiger partial charge in [-0.15, -0.1) is 21.1 Å². The van der Waals surface area contributed by atoms with Crippen LogP contribution < -0.4 is 16.1 Å². The standard InChI is InChI=1S/C14H19N5O5S/c15-9-1-2-17(18(9)4-8(21)5-20)3-7-6-25-13-10(16)12(22)19(13)11(7)14(23)24/h1-2,8,10,13,15,20-21H,3-6,16H2,(H,23,24)/p+1/t8?,10-,13-/m1/s1. The van der Waals surface area contributed by atoms with Crippen LogP contribution in [0.4, 0.5) is 5.82 Å². The predicted molar refractivity (Wildman–Crippen MR) is 87.9 cm³/mol. The number of nitrogens with two attached hydrogens (primary N) is 2. The van der Waals surface area contributed by atoms with Gasteiger partial charge in [-0.05, 0) is 0 Å². The molecule has 0 bridgehead atoms. The molecule has 1 saturated heterocycles. The van der Waals surface area contributed by atoms with Crippen LogP contribution in [0.25, 0.3) is 0 Å². The van der Waals surface area contributed by atoms with E-state index in [-0.39, 0.29) is 24.2 Å². The number of aliphatic carboxylic acids is 1. The summed E-state index contributed by atoms with van der Waals surface area (Å²) in [7, 11) is 0. The van der Waals surface area contributed by atoms with Gasteiger partial charge in [0, 0.05) is 11.3 Å². The van der Waals surface area contributed by atoms with Crippen molar-refractivity contribution in [1.82, 2.24) is 9.58 Å². The van der Waals surface area contributed by atoms with Crippen LogP contribution in [-0.2, 0) is 22.7 Å². The second-order valence-corrected chi connectivity index (χ2v) is 7.05. The topological polar surface area (TPSA) is 159 Å². The third-order valence-corrected chi connectivity index (χ3v) is 5.62. The van der Waals surface area contributed by atoms with Crippen LogP contribution in [0.15, 0.2) is 23.5 Å². The monoisotopic (exact) mass is 370 g/mol. The van der Waals surface area contributed by atoms with Gasteiger partial charge < -0.3 is 26.8 Å². The lowest BCUT2D eigenvalue weighted by Crippen LogP contribution is -2.68. The van der Waals surface area contributed by atoms with E-state index in [1.54, 1.807) is 21.6 Å². The van der Waals surface area contributed by atoms with Crippen LogP contribution in [0.3, 0.4) is 0 Å². The molecule has 3 atom stereocenters. The van der Waals surface area contributed by atoms with Crippen LogP contribution in [-0.4, -0.2) is 66.7 Å². The molecule has 11 heteroatoms. The summed E-state index contributed by atoms with van der Waals surface area (Å²) in [6.45, 7) is -0.164. The summed E-state index contributed by atoms with van der Waals surface area (Å²) in [4.78, 5) is 24.9. The van der Waals surface area contributed by atoms with Gasteiger partial charge in [0.25, 0.3) is 0 Å². The highest BCUT2D eigenvalue weighted by Gasteiger charge is 2.52. The lowest BCUT2D eigenvalue weighted by Gasteiger charge is -2.47. The number of fused-ring (bicyclic) bond motifs is 1. The number of carbonyl (C=O) groups excluding carboxylic acids is 1. The molecule has 3 heterocycles. The number of β-lactam (4-membered cyclic amide) rings is 1. The fraction of sp³-hybridized carbons (Fsp3) is 0.500. The molecule has 10 nitrogen and oxygen atoms in total. The summed E-state index contributed by atoms with van der Waals surface area (Å²) in [6.07, 6.45) is 0.667. The average molecular weight is 370 g/mol. The van der Waals surface area contributed by atoms with Crippen molar-refractivity contribution in [2.75, 3.05) is 18.1 Å². The van der Waals surface area contributed by atoms with E-state index in [2.05, 4.69) is 0 Å². The number of thioether (sulfide) groups is 1. The number of hydrogen-bond donors (Lipinski definition) is 5. The number of hydrogen-bond acceptors (Lipinski definition) is 7. The smallest absolute Gasteiger partial charge is 0.352 e. The molecule has 1 fully saturated rings. The van der Waals surface area contributed by atoms with Gasteiger partial charge in [0.05, 0.1) is 12.7 Å². The zero-order valence-electron chi connectivity index (χ0n) is 13.3. The Hall–Kier alpha value is -2.08. The largest absolute Gasteiger partial charge is 0.477 e. The molecule has 3 rings (SSSR count). The molecule has 0 aliphatic carbocycles. The van der Waals surface area contributed by atoms with E-state index in [0.29, 0.717) is 17.1 Å². The van der Waals surface area contributed by atoms with Gasteiger partial charge in [-0.25, -0.2) is 4.79 Å². The summed E-state index contributed by atoms with van der Waals surface area (Å²) in [5, 5.41) is 27.9. The Morgan fingerprint density at radius 2 is 2.24 bits per heavy atom. The minimum atomic E-state index is -1.18. The summed E-state index contributed by atoms with van der Waals surface area (Å²) >= 11 is 1.42. The van der Waals surface area contributed by atoms with Gasteiger partial charge in [-0.3, -0.25) is 9.69 Å². The van der Waals surface area contributed by atoms with E-state index in [1.165, 1.54) is 16.7 Å². The number of carboxylic acid groups (broad SMARTS) is 1. The van der Waals surface area contributed by atoms with Gasteiger partial charge in [0.1, 0.15) is 29.8 Å². The Morgan fingerprint density at radius 1 is 1.52 bits per heavy atom. The Morgan fingerprint density at radius 3 is 2.88 bits per heavy atom. The minimum Gasteiger partial charge on any atom is -0.477 e. The number of carboxylic acids is 1. The first-order chi connectivity index (χ1) is 11.8. The number of anilines is 1.